The van der Waals surface area contributed by atoms with Crippen LogP contribution >= 0.6 is 0 Å². The van der Waals surface area contributed by atoms with Gasteiger partial charge in [-0.3, -0.25) is 9.97 Å². The van der Waals surface area contributed by atoms with Gasteiger partial charge in [-0.15, -0.1) is 0 Å². The molecule has 8 heterocycles. The smallest absolute Gasteiger partial charge is 0.137 e. The number of para-hydroxylation sites is 6. The highest BCUT2D eigenvalue weighted by Crippen LogP contribution is 2.53. The van der Waals surface area contributed by atoms with Gasteiger partial charge in [0.15, 0.2) is 0 Å². The Morgan fingerprint density at radius 3 is 0.988 bits per heavy atom. The molecule has 0 fully saturated rings. The van der Waals surface area contributed by atoms with Crippen molar-refractivity contribution in [2.24, 2.45) is 0 Å². The van der Waals surface area contributed by atoms with Gasteiger partial charge < -0.3 is 27.0 Å². The molecule has 370 valence electrons. The molecule has 0 amide bonds. The Bertz CT molecular complexity index is 5490. The molecule has 0 aliphatic rings. The Balaban J connectivity index is 1.13. The molecule has 0 saturated heterocycles. The number of hydrogen-bond acceptors (Lipinski definition) is 6. The lowest BCUT2D eigenvalue weighted by Crippen LogP contribution is -2.13. The summed E-state index contributed by atoms with van der Waals surface area (Å²) in [6.45, 7) is 0. The third kappa shape index (κ3) is 5.72. The van der Waals surface area contributed by atoms with Gasteiger partial charge in [-0.1, -0.05) is 121 Å². The summed E-state index contributed by atoms with van der Waals surface area (Å²) in [7, 11) is 0. The molecular formula is C71H38N6O3. The summed E-state index contributed by atoms with van der Waals surface area (Å²) in [6.07, 6.45) is 7.45. The van der Waals surface area contributed by atoms with Gasteiger partial charge in [0.2, 0.25) is 0 Å². The van der Waals surface area contributed by atoms with Crippen molar-refractivity contribution >= 4 is 131 Å². The Labute approximate surface area is 453 Å². The van der Waals surface area contributed by atoms with Crippen molar-refractivity contribution < 1.29 is 13.3 Å². The lowest BCUT2D eigenvalue weighted by atomic mass is 9.89. The van der Waals surface area contributed by atoms with Crippen molar-refractivity contribution in [1.82, 2.24) is 23.7 Å². The van der Waals surface area contributed by atoms with Crippen molar-refractivity contribution in [3.05, 3.63) is 237 Å². The molecule has 80 heavy (non-hydrogen) atoms. The van der Waals surface area contributed by atoms with E-state index in [-0.39, 0.29) is 0 Å². The Hall–Kier alpha value is -11.2. The monoisotopic (exact) mass is 1020 g/mol. The standard InChI is InChI=1S/C71H38N6O3/c72-37-54-69(75-55-23-7-1-17-42(55)48-31-51-45-20-4-10-26-61(45)78-64(51)34-58(48)75)67(40-15-13-29-73-38-40)71(77-57-25-9-3-19-44(57)50-33-53-47-22-6-12-28-63(47)80-66(53)36-60(50)77)68(41-16-14-30-74-39-41)70(54)76-56-24-8-2-18-43(56)49-32-52-46-21-5-11-27-62(46)79-65(52)35-59(49)76/h1-36,38-39H. The van der Waals surface area contributed by atoms with E-state index >= 15 is 0 Å². The van der Waals surface area contributed by atoms with Crippen molar-refractivity contribution in [2.75, 3.05) is 0 Å². The topological polar surface area (TPSA) is 104 Å². The van der Waals surface area contributed by atoms with Gasteiger partial charge >= 0.3 is 0 Å². The Morgan fingerprint density at radius 2 is 0.637 bits per heavy atom. The quantitative estimate of drug-likeness (QED) is 0.170. The molecular weight excluding hydrogens is 985 g/mol. The number of nitriles is 1. The Morgan fingerprint density at radius 1 is 0.300 bits per heavy atom. The first-order valence-corrected chi connectivity index (χ1v) is 26.7. The van der Waals surface area contributed by atoms with Crippen LogP contribution in [0.2, 0.25) is 0 Å². The van der Waals surface area contributed by atoms with E-state index in [4.69, 9.17) is 23.2 Å². The van der Waals surface area contributed by atoms with E-state index in [0.29, 0.717) is 16.9 Å². The lowest BCUT2D eigenvalue weighted by Gasteiger charge is -2.28. The fourth-order valence-corrected chi connectivity index (χ4v) is 13.3. The van der Waals surface area contributed by atoms with Crippen molar-refractivity contribution in [3.63, 3.8) is 0 Å². The predicted molar refractivity (Wildman–Crippen MR) is 322 cm³/mol. The summed E-state index contributed by atoms with van der Waals surface area (Å²) in [6, 6.07) is 74.7. The highest BCUT2D eigenvalue weighted by Gasteiger charge is 2.34. The van der Waals surface area contributed by atoms with Gasteiger partial charge in [0.25, 0.3) is 0 Å². The van der Waals surface area contributed by atoms with Crippen LogP contribution in [-0.4, -0.2) is 23.7 Å². The van der Waals surface area contributed by atoms with Crippen molar-refractivity contribution in [3.8, 4) is 45.4 Å². The largest absolute Gasteiger partial charge is 0.456 e. The van der Waals surface area contributed by atoms with E-state index in [1.54, 1.807) is 12.4 Å². The van der Waals surface area contributed by atoms with Gasteiger partial charge in [0.05, 0.1) is 50.2 Å². The average molecular weight is 1020 g/mol. The predicted octanol–water partition coefficient (Wildman–Crippen LogP) is 18.7. The van der Waals surface area contributed by atoms with E-state index in [9.17, 15) is 5.26 Å². The SMILES string of the molecule is N#Cc1c(-n2c3ccccc3c3cc4c(cc32)oc2ccccc24)c(-c2cccnc2)c(-n2c3ccccc3c3cc4c(cc32)oc2ccccc24)c(-c2cccnc2)c1-n1c2ccccc2c2cc3c(cc21)oc1ccccc13. The number of rotatable bonds is 5. The van der Waals surface area contributed by atoms with Crippen LogP contribution in [0.15, 0.2) is 244 Å². The molecule has 0 saturated carbocycles. The second-order valence-corrected chi connectivity index (χ2v) is 20.7. The van der Waals surface area contributed by atoms with Crippen molar-refractivity contribution in [1.29, 1.82) is 5.26 Å². The van der Waals surface area contributed by atoms with E-state index < -0.39 is 0 Å². The molecule has 0 bridgehead atoms. The number of hydrogen-bond donors (Lipinski definition) is 0. The highest BCUT2D eigenvalue weighted by molar-refractivity contribution is 6.22. The molecule has 0 aliphatic carbocycles. The number of pyridine rings is 2. The van der Waals surface area contributed by atoms with Gasteiger partial charge in [0.1, 0.15) is 45.1 Å². The van der Waals surface area contributed by atoms with Gasteiger partial charge in [-0.2, -0.15) is 5.26 Å². The molecule has 0 radical (unpaired) electrons. The summed E-state index contributed by atoms with van der Waals surface area (Å²) in [4.78, 5) is 9.77. The first-order valence-electron chi connectivity index (χ1n) is 26.7. The summed E-state index contributed by atoms with van der Waals surface area (Å²) >= 11 is 0. The number of nitrogens with zero attached hydrogens (tertiary/aromatic N) is 6. The lowest BCUT2D eigenvalue weighted by molar-refractivity contribution is 0.669. The zero-order valence-corrected chi connectivity index (χ0v) is 42.3. The van der Waals surface area contributed by atoms with E-state index in [1.165, 1.54) is 0 Å². The number of benzene rings is 10. The van der Waals surface area contributed by atoms with E-state index in [1.807, 2.05) is 60.9 Å². The molecule has 0 unspecified atom stereocenters. The minimum absolute atomic E-state index is 0.437. The summed E-state index contributed by atoms with van der Waals surface area (Å²) in [5.41, 5.74) is 16.0. The number of fused-ring (bicyclic) bond motifs is 18. The van der Waals surface area contributed by atoms with Crippen LogP contribution in [0.4, 0.5) is 0 Å². The second kappa shape index (κ2) is 15.9. The van der Waals surface area contributed by atoms with Gasteiger partial charge in [-0.25, -0.2) is 0 Å². The third-order valence-electron chi connectivity index (χ3n) is 16.6. The van der Waals surface area contributed by atoms with Crippen LogP contribution in [0.3, 0.4) is 0 Å². The van der Waals surface area contributed by atoms with Crippen LogP contribution < -0.4 is 0 Å². The van der Waals surface area contributed by atoms with Crippen LogP contribution in [0.5, 0.6) is 0 Å². The van der Waals surface area contributed by atoms with E-state index in [0.717, 1.165) is 159 Å². The molecule has 0 aliphatic heterocycles. The molecule has 9 nitrogen and oxygen atoms in total. The summed E-state index contributed by atoms with van der Waals surface area (Å²) < 4.78 is 27.3. The molecule has 0 spiro atoms. The van der Waals surface area contributed by atoms with Crippen LogP contribution in [0.25, 0.3) is 171 Å². The van der Waals surface area contributed by atoms with Crippen LogP contribution in [0, 0.1) is 11.3 Å². The van der Waals surface area contributed by atoms with Gasteiger partial charge in [-0.05, 0) is 66.7 Å². The maximum atomic E-state index is 12.8. The summed E-state index contributed by atoms with van der Waals surface area (Å²) in [5.74, 6) is 0. The fourth-order valence-electron chi connectivity index (χ4n) is 13.3. The van der Waals surface area contributed by atoms with E-state index in [2.05, 4.69) is 177 Å². The normalized spacial score (nSPS) is 12.2. The fraction of sp³-hybridized carbons (Fsp3) is 0. The first kappa shape index (κ1) is 43.0. The molecule has 0 N–H and O–H groups in total. The maximum Gasteiger partial charge on any atom is 0.137 e. The maximum absolute atomic E-state index is 12.8. The van der Waals surface area contributed by atoms with Crippen LogP contribution in [0.1, 0.15) is 5.56 Å². The zero-order chi connectivity index (χ0) is 52.3. The minimum Gasteiger partial charge on any atom is -0.456 e. The highest BCUT2D eigenvalue weighted by atomic mass is 16.3. The summed E-state index contributed by atoms with van der Waals surface area (Å²) in [5, 5.41) is 25.1. The molecule has 18 rings (SSSR count). The minimum atomic E-state index is 0.437. The van der Waals surface area contributed by atoms with Crippen molar-refractivity contribution in [2.45, 2.75) is 0 Å². The van der Waals surface area contributed by atoms with Gasteiger partial charge in [0, 0.05) is 130 Å². The third-order valence-corrected chi connectivity index (χ3v) is 16.6. The molecule has 0 atom stereocenters. The molecule has 18 aromatic rings. The zero-order valence-electron chi connectivity index (χ0n) is 42.3. The van der Waals surface area contributed by atoms with Crippen LogP contribution in [-0.2, 0) is 0 Å². The molecule has 10 aromatic carbocycles. The average Bonchev–Trinajstić information content (AvgIpc) is 4.51. The number of furan rings is 3. The number of aromatic nitrogens is 5. The molecule has 9 heteroatoms. The second-order valence-electron chi connectivity index (χ2n) is 20.7. The first-order chi connectivity index (χ1) is 39.7. The molecule has 8 aromatic heterocycles. The Kier molecular flexibility index (Phi) is 8.55.